The molecule has 5 heteroatoms. The van der Waals surface area contributed by atoms with E-state index in [1.807, 2.05) is 6.20 Å². The fourth-order valence-electron chi connectivity index (χ4n) is 1.70. The minimum Gasteiger partial charge on any atom is -0.304 e. The van der Waals surface area contributed by atoms with Crippen molar-refractivity contribution in [3.63, 3.8) is 0 Å². The molecular weight excluding hydrogens is 283 g/mol. The second-order valence-corrected chi connectivity index (χ2v) is 5.91. The molecule has 0 amide bonds. The molecule has 0 fully saturated rings. The van der Waals surface area contributed by atoms with Gasteiger partial charge < -0.3 is 5.32 Å². The Kier molecular flexibility index (Phi) is 4.91. The lowest BCUT2D eigenvalue weighted by atomic mass is 10.2. The van der Waals surface area contributed by atoms with Crippen LogP contribution in [-0.4, -0.2) is 4.98 Å². The van der Waals surface area contributed by atoms with E-state index in [0.29, 0.717) is 11.6 Å². The number of thiazole rings is 1. The van der Waals surface area contributed by atoms with Crippen molar-refractivity contribution in [2.24, 2.45) is 0 Å². The zero-order valence-electron chi connectivity index (χ0n) is 10.9. The minimum atomic E-state index is -0.311. The Morgan fingerprint density at radius 3 is 2.89 bits per heavy atom. The summed E-state index contributed by atoms with van der Waals surface area (Å²) in [6.45, 7) is 4.78. The molecule has 0 aliphatic rings. The zero-order valence-corrected chi connectivity index (χ0v) is 12.5. The molecule has 0 saturated heterocycles. The molecule has 0 saturated carbocycles. The molecule has 1 aromatic carbocycles. The van der Waals surface area contributed by atoms with Crippen molar-refractivity contribution in [3.8, 4) is 0 Å². The Morgan fingerprint density at radius 2 is 2.26 bits per heavy atom. The monoisotopic (exact) mass is 298 g/mol. The minimum absolute atomic E-state index is 0.159. The summed E-state index contributed by atoms with van der Waals surface area (Å²) in [7, 11) is 0. The molecule has 2 aromatic rings. The Morgan fingerprint density at radius 1 is 1.47 bits per heavy atom. The lowest BCUT2D eigenvalue weighted by molar-refractivity contribution is 0.570. The van der Waals surface area contributed by atoms with Gasteiger partial charge >= 0.3 is 0 Å². The van der Waals surface area contributed by atoms with Crippen LogP contribution in [0.1, 0.15) is 35.3 Å². The molecule has 102 valence electrons. The van der Waals surface area contributed by atoms with Gasteiger partial charge in [-0.05, 0) is 31.0 Å². The molecule has 19 heavy (non-hydrogen) atoms. The van der Waals surface area contributed by atoms with Crippen LogP contribution >= 0.6 is 22.9 Å². The highest BCUT2D eigenvalue weighted by Gasteiger charge is 2.10. The first-order chi connectivity index (χ1) is 9.10. The Hall–Kier alpha value is -0.970. The van der Waals surface area contributed by atoms with E-state index in [-0.39, 0.29) is 11.9 Å². The molecule has 1 N–H and O–H groups in total. The second kappa shape index (κ2) is 6.46. The van der Waals surface area contributed by atoms with E-state index in [2.05, 4.69) is 24.1 Å². The molecule has 0 spiro atoms. The maximum Gasteiger partial charge on any atom is 0.124 e. The van der Waals surface area contributed by atoms with Crippen LogP contribution < -0.4 is 5.32 Å². The van der Waals surface area contributed by atoms with Gasteiger partial charge in [-0.15, -0.1) is 11.3 Å². The second-order valence-electron chi connectivity index (χ2n) is 4.36. The first-order valence-electron chi connectivity index (χ1n) is 6.22. The van der Waals surface area contributed by atoms with Crippen LogP contribution in [-0.2, 0) is 13.0 Å². The normalized spacial score (nSPS) is 12.6. The molecule has 2 rings (SSSR count). The number of aryl methyl sites for hydroxylation is 1. The van der Waals surface area contributed by atoms with Crippen molar-refractivity contribution in [1.29, 1.82) is 0 Å². The van der Waals surface area contributed by atoms with E-state index in [0.717, 1.165) is 17.0 Å². The van der Waals surface area contributed by atoms with Gasteiger partial charge in [0.1, 0.15) is 10.8 Å². The lowest BCUT2D eigenvalue weighted by Gasteiger charge is -2.12. The van der Waals surface area contributed by atoms with Gasteiger partial charge in [-0.3, -0.25) is 0 Å². The number of nitrogens with zero attached hydrogens (tertiary/aromatic N) is 1. The summed E-state index contributed by atoms with van der Waals surface area (Å²) in [4.78, 5) is 5.68. The molecule has 0 radical (unpaired) electrons. The number of rotatable bonds is 5. The van der Waals surface area contributed by atoms with Gasteiger partial charge in [-0.25, -0.2) is 9.37 Å². The third-order valence-electron chi connectivity index (χ3n) is 2.90. The standard InChI is InChI=1S/C14H16ClFN2S/c1-3-12-8-18-14(19-12)9(2)17-7-10-4-5-11(16)6-13(10)15/h4-6,8-9,17H,3,7H2,1-2H3. The van der Waals surface area contributed by atoms with Crippen molar-refractivity contribution >= 4 is 22.9 Å². The van der Waals surface area contributed by atoms with Crippen molar-refractivity contribution in [1.82, 2.24) is 10.3 Å². The van der Waals surface area contributed by atoms with Gasteiger partial charge in [0, 0.05) is 22.6 Å². The third kappa shape index (κ3) is 3.75. The van der Waals surface area contributed by atoms with Crippen LogP contribution in [0.25, 0.3) is 0 Å². The molecule has 1 heterocycles. The average Bonchev–Trinajstić information content (AvgIpc) is 2.86. The largest absolute Gasteiger partial charge is 0.304 e. The van der Waals surface area contributed by atoms with Gasteiger partial charge in [0.25, 0.3) is 0 Å². The predicted molar refractivity (Wildman–Crippen MR) is 78.2 cm³/mol. The van der Waals surface area contributed by atoms with E-state index in [1.54, 1.807) is 17.4 Å². The number of hydrogen-bond donors (Lipinski definition) is 1. The summed E-state index contributed by atoms with van der Waals surface area (Å²) in [6.07, 6.45) is 2.93. The highest BCUT2D eigenvalue weighted by atomic mass is 35.5. The Labute approximate surface area is 121 Å². The van der Waals surface area contributed by atoms with E-state index in [9.17, 15) is 4.39 Å². The van der Waals surface area contributed by atoms with E-state index in [1.165, 1.54) is 17.0 Å². The van der Waals surface area contributed by atoms with Crippen molar-refractivity contribution in [2.45, 2.75) is 32.9 Å². The molecule has 0 aliphatic heterocycles. The molecule has 2 nitrogen and oxygen atoms in total. The lowest BCUT2D eigenvalue weighted by Crippen LogP contribution is -2.18. The fourth-order valence-corrected chi connectivity index (χ4v) is 2.82. The van der Waals surface area contributed by atoms with E-state index >= 15 is 0 Å². The van der Waals surface area contributed by atoms with Crippen LogP contribution in [0, 0.1) is 5.82 Å². The van der Waals surface area contributed by atoms with Crippen LogP contribution in [0.3, 0.4) is 0 Å². The average molecular weight is 299 g/mol. The van der Waals surface area contributed by atoms with Crippen molar-refractivity contribution in [2.75, 3.05) is 0 Å². The van der Waals surface area contributed by atoms with Crippen molar-refractivity contribution < 1.29 is 4.39 Å². The van der Waals surface area contributed by atoms with Gasteiger partial charge in [-0.1, -0.05) is 24.6 Å². The summed E-state index contributed by atoms with van der Waals surface area (Å²) >= 11 is 7.71. The Balaban J connectivity index is 1.98. The van der Waals surface area contributed by atoms with Gasteiger partial charge in [-0.2, -0.15) is 0 Å². The molecule has 0 aliphatic carbocycles. The third-order valence-corrected chi connectivity index (χ3v) is 4.58. The fraction of sp³-hybridized carbons (Fsp3) is 0.357. The van der Waals surface area contributed by atoms with E-state index in [4.69, 9.17) is 11.6 Å². The van der Waals surface area contributed by atoms with Crippen LogP contribution in [0.2, 0.25) is 5.02 Å². The summed E-state index contributed by atoms with van der Waals surface area (Å²) in [5.74, 6) is -0.311. The van der Waals surface area contributed by atoms with Crippen molar-refractivity contribution in [3.05, 3.63) is 50.7 Å². The first-order valence-corrected chi connectivity index (χ1v) is 7.41. The maximum absolute atomic E-state index is 12.9. The molecule has 0 bridgehead atoms. The zero-order chi connectivity index (χ0) is 13.8. The summed E-state index contributed by atoms with van der Waals surface area (Å²) in [5.41, 5.74) is 0.891. The number of nitrogens with one attached hydrogen (secondary N) is 1. The highest BCUT2D eigenvalue weighted by Crippen LogP contribution is 2.22. The maximum atomic E-state index is 12.9. The van der Waals surface area contributed by atoms with Crippen LogP contribution in [0.15, 0.2) is 24.4 Å². The number of hydrogen-bond acceptors (Lipinski definition) is 3. The van der Waals surface area contributed by atoms with Gasteiger partial charge in [0.05, 0.1) is 6.04 Å². The van der Waals surface area contributed by atoms with Crippen LogP contribution in [0.5, 0.6) is 0 Å². The number of aromatic nitrogens is 1. The topological polar surface area (TPSA) is 24.9 Å². The van der Waals surface area contributed by atoms with Gasteiger partial charge in [0.15, 0.2) is 0 Å². The summed E-state index contributed by atoms with van der Waals surface area (Å²) in [6, 6.07) is 4.62. The molecule has 1 unspecified atom stereocenters. The highest BCUT2D eigenvalue weighted by molar-refractivity contribution is 7.11. The summed E-state index contributed by atoms with van der Waals surface area (Å²) in [5, 5.41) is 4.87. The predicted octanol–water partition coefficient (Wildman–Crippen LogP) is 4.35. The molecular formula is C14H16ClFN2S. The molecule has 1 atom stereocenters. The SMILES string of the molecule is CCc1cnc(C(C)NCc2ccc(F)cc2Cl)s1. The van der Waals surface area contributed by atoms with Gasteiger partial charge in [0.2, 0.25) is 0 Å². The number of benzene rings is 1. The molecule has 1 aromatic heterocycles. The van der Waals surface area contributed by atoms with Crippen LogP contribution in [0.4, 0.5) is 4.39 Å². The summed E-state index contributed by atoms with van der Waals surface area (Å²) < 4.78 is 12.9. The number of halogens is 2. The quantitative estimate of drug-likeness (QED) is 0.888. The van der Waals surface area contributed by atoms with E-state index < -0.39 is 0 Å². The Bertz CT molecular complexity index is 556. The smallest absolute Gasteiger partial charge is 0.124 e. The first kappa shape index (κ1) is 14.4.